The molecule has 0 saturated heterocycles. The summed E-state index contributed by atoms with van der Waals surface area (Å²) in [4.78, 5) is 0. The fourth-order valence-corrected chi connectivity index (χ4v) is 6.59. The molecule has 9 heteroatoms. The molecule has 0 spiro atoms. The monoisotopic (exact) mass is 720 g/mol. The van der Waals surface area contributed by atoms with Crippen LogP contribution in [0.3, 0.4) is 0 Å². The third-order valence-corrected chi connectivity index (χ3v) is 9.91. The summed E-state index contributed by atoms with van der Waals surface area (Å²) in [6, 6.07) is 0. The standard InChI is InChI=1S/2C15H32O3S.Ba/c2*1-3-5-7-8-9-10-12-14-15(19(16,17)18)13-11-6-4-2;/h2*15H,3-14H2,1-2H3,(H,16,17,18);/q;;+2/p-2. The minimum atomic E-state index is -4.10. The van der Waals surface area contributed by atoms with Crippen LogP contribution in [0.4, 0.5) is 0 Å². The second kappa shape index (κ2) is 30.8. The first-order chi connectivity index (χ1) is 18.0. The van der Waals surface area contributed by atoms with Gasteiger partial charge in [0.15, 0.2) is 0 Å². The second-order valence-electron chi connectivity index (χ2n) is 11.0. The molecule has 0 amide bonds. The summed E-state index contributed by atoms with van der Waals surface area (Å²) in [6.07, 6.45) is 24.4. The summed E-state index contributed by atoms with van der Waals surface area (Å²) in [5.74, 6) is 0. The fourth-order valence-electron chi connectivity index (χ4n) is 4.77. The Hall–Kier alpha value is 1.39. The largest absolute Gasteiger partial charge is 2.00 e. The maximum atomic E-state index is 11.2. The van der Waals surface area contributed by atoms with E-state index in [9.17, 15) is 25.9 Å². The smallest absolute Gasteiger partial charge is 0.748 e. The second-order valence-corrected chi connectivity index (χ2v) is 14.3. The normalized spacial score (nSPS) is 13.3. The van der Waals surface area contributed by atoms with Crippen LogP contribution in [0.1, 0.15) is 182 Å². The third-order valence-electron chi connectivity index (χ3n) is 7.34. The number of hydrogen-bond donors (Lipinski definition) is 0. The molecule has 0 fully saturated rings. The number of rotatable bonds is 26. The van der Waals surface area contributed by atoms with E-state index in [4.69, 9.17) is 0 Å². The summed E-state index contributed by atoms with van der Waals surface area (Å²) >= 11 is 0. The molecule has 6 nitrogen and oxygen atoms in total. The molecule has 2 atom stereocenters. The first kappa shape index (κ1) is 44.8. The quantitative estimate of drug-likeness (QED) is 0.0501. The molecule has 0 N–H and O–H groups in total. The van der Waals surface area contributed by atoms with Crippen molar-refractivity contribution in [3.8, 4) is 0 Å². The summed E-state index contributed by atoms with van der Waals surface area (Å²) in [5, 5.41) is -1.29. The molecule has 232 valence electrons. The van der Waals surface area contributed by atoms with Crippen molar-refractivity contribution in [2.75, 3.05) is 0 Å². The predicted molar refractivity (Wildman–Crippen MR) is 166 cm³/mol. The van der Waals surface area contributed by atoms with Crippen LogP contribution in [0.25, 0.3) is 0 Å². The molecule has 0 heterocycles. The van der Waals surface area contributed by atoms with Gasteiger partial charge in [-0.05, 0) is 25.7 Å². The van der Waals surface area contributed by atoms with Crippen molar-refractivity contribution in [3.05, 3.63) is 0 Å². The van der Waals surface area contributed by atoms with Crippen molar-refractivity contribution < 1.29 is 25.9 Å². The third kappa shape index (κ3) is 32.1. The molecule has 39 heavy (non-hydrogen) atoms. The van der Waals surface area contributed by atoms with Gasteiger partial charge in [-0.2, -0.15) is 0 Å². The molecule has 0 rings (SSSR count). The molecule has 0 bridgehead atoms. The molecule has 0 aliphatic heterocycles. The molecule has 0 saturated carbocycles. The Kier molecular flexibility index (Phi) is 35.4. The fraction of sp³-hybridized carbons (Fsp3) is 1.00. The maximum Gasteiger partial charge on any atom is 2.00 e. The Morgan fingerprint density at radius 2 is 0.564 bits per heavy atom. The van der Waals surface area contributed by atoms with Crippen LogP contribution < -0.4 is 0 Å². The molecular formula is C30H62BaO6S2. The summed E-state index contributed by atoms with van der Waals surface area (Å²) in [7, 11) is -8.19. The topological polar surface area (TPSA) is 114 Å². The van der Waals surface area contributed by atoms with Crippen LogP contribution in [0.5, 0.6) is 0 Å². The van der Waals surface area contributed by atoms with E-state index in [-0.39, 0.29) is 48.9 Å². The van der Waals surface area contributed by atoms with E-state index in [0.29, 0.717) is 25.7 Å². The number of unbranched alkanes of at least 4 members (excludes halogenated alkanes) is 16. The number of hydrogen-bond acceptors (Lipinski definition) is 6. The Morgan fingerprint density at radius 1 is 0.385 bits per heavy atom. The Balaban J connectivity index is -0.000000648. The first-order valence-corrected chi connectivity index (χ1v) is 18.9. The van der Waals surface area contributed by atoms with Crippen molar-refractivity contribution in [3.63, 3.8) is 0 Å². The molecule has 0 aliphatic carbocycles. The summed E-state index contributed by atoms with van der Waals surface area (Å²) in [6.45, 7) is 8.55. The van der Waals surface area contributed by atoms with Crippen LogP contribution in [-0.4, -0.2) is 85.3 Å². The van der Waals surface area contributed by atoms with Crippen LogP contribution in [0, 0.1) is 0 Å². The minimum absolute atomic E-state index is 0. The maximum absolute atomic E-state index is 11.2. The van der Waals surface area contributed by atoms with Gasteiger partial charge in [-0.25, -0.2) is 16.8 Å². The van der Waals surface area contributed by atoms with Crippen molar-refractivity contribution in [2.24, 2.45) is 0 Å². The van der Waals surface area contributed by atoms with Crippen LogP contribution in [0.15, 0.2) is 0 Å². The van der Waals surface area contributed by atoms with Gasteiger partial charge in [-0.1, -0.05) is 156 Å². The van der Waals surface area contributed by atoms with Gasteiger partial charge in [0.2, 0.25) is 0 Å². The molecule has 0 radical (unpaired) electrons. The zero-order valence-corrected chi connectivity index (χ0v) is 32.2. The van der Waals surface area contributed by atoms with Crippen molar-refractivity contribution >= 4 is 69.1 Å². The van der Waals surface area contributed by atoms with Crippen LogP contribution in [-0.2, 0) is 20.2 Å². The van der Waals surface area contributed by atoms with Gasteiger partial charge in [0.25, 0.3) is 0 Å². The van der Waals surface area contributed by atoms with E-state index in [0.717, 1.165) is 64.2 Å². The zero-order chi connectivity index (χ0) is 29.1. The summed E-state index contributed by atoms with van der Waals surface area (Å²) in [5.41, 5.74) is 0. The molecule has 0 aromatic rings. The van der Waals surface area contributed by atoms with Gasteiger partial charge in [-0.3, -0.25) is 0 Å². The average Bonchev–Trinajstić information content (AvgIpc) is 2.84. The van der Waals surface area contributed by atoms with Gasteiger partial charge >= 0.3 is 48.9 Å². The SMILES string of the molecule is CCCCCCCCCC(CCCCC)S(=O)(=O)[O-].CCCCCCCCCC(CCCCC)S(=O)(=O)[O-].[Ba+2]. The van der Waals surface area contributed by atoms with Gasteiger partial charge in [0.05, 0.1) is 20.2 Å². The van der Waals surface area contributed by atoms with E-state index >= 15 is 0 Å². The van der Waals surface area contributed by atoms with Crippen LogP contribution >= 0.6 is 0 Å². The Bertz CT molecular complexity index is 638. The van der Waals surface area contributed by atoms with Gasteiger partial charge in [0, 0.05) is 10.5 Å². The van der Waals surface area contributed by atoms with Crippen molar-refractivity contribution in [1.29, 1.82) is 0 Å². The van der Waals surface area contributed by atoms with Crippen molar-refractivity contribution in [1.82, 2.24) is 0 Å². The van der Waals surface area contributed by atoms with Gasteiger partial charge in [0.1, 0.15) is 0 Å². The van der Waals surface area contributed by atoms with E-state index in [1.54, 1.807) is 0 Å². The van der Waals surface area contributed by atoms with E-state index in [1.807, 2.05) is 0 Å². The molecular weight excluding hydrogens is 658 g/mol. The molecule has 2 unspecified atom stereocenters. The molecule has 0 aromatic heterocycles. The molecule has 0 aliphatic rings. The van der Waals surface area contributed by atoms with Crippen LogP contribution in [0.2, 0.25) is 0 Å². The van der Waals surface area contributed by atoms with Gasteiger partial charge in [-0.15, -0.1) is 0 Å². The zero-order valence-electron chi connectivity index (χ0n) is 26.1. The van der Waals surface area contributed by atoms with E-state index < -0.39 is 30.7 Å². The average molecular weight is 720 g/mol. The van der Waals surface area contributed by atoms with E-state index in [1.165, 1.54) is 64.2 Å². The predicted octanol–water partition coefficient (Wildman–Crippen LogP) is 8.86. The minimum Gasteiger partial charge on any atom is -0.748 e. The summed E-state index contributed by atoms with van der Waals surface area (Å²) < 4.78 is 67.1. The van der Waals surface area contributed by atoms with E-state index in [2.05, 4.69) is 27.7 Å². The Morgan fingerprint density at radius 3 is 0.795 bits per heavy atom. The first-order valence-electron chi connectivity index (χ1n) is 15.9. The van der Waals surface area contributed by atoms with Crippen molar-refractivity contribution in [2.45, 2.75) is 192 Å². The van der Waals surface area contributed by atoms with Gasteiger partial charge < -0.3 is 9.11 Å². The Labute approximate surface area is 284 Å². The molecule has 0 aromatic carbocycles.